The Bertz CT molecular complexity index is 441. The molecule has 0 aliphatic heterocycles. The molecule has 4 heteroatoms. The molecule has 4 nitrogen and oxygen atoms in total. The van der Waals surface area contributed by atoms with Gasteiger partial charge in [-0.05, 0) is 49.9 Å². The van der Waals surface area contributed by atoms with Crippen LogP contribution in [0, 0.1) is 6.92 Å². The molecule has 3 N–H and O–H groups in total. The van der Waals surface area contributed by atoms with E-state index >= 15 is 0 Å². The van der Waals surface area contributed by atoms with E-state index in [9.17, 15) is 9.90 Å². The first kappa shape index (κ1) is 12.9. The zero-order valence-corrected chi connectivity index (χ0v) is 10.7. The molecule has 1 fully saturated rings. The molecule has 1 aromatic rings. The Balaban J connectivity index is 2.18. The van der Waals surface area contributed by atoms with E-state index in [1.807, 2.05) is 4.90 Å². The van der Waals surface area contributed by atoms with Crippen LogP contribution in [0.15, 0.2) is 18.2 Å². The zero-order valence-electron chi connectivity index (χ0n) is 10.7. The average Bonchev–Trinajstić information content (AvgIpc) is 2.29. The molecule has 2 rings (SSSR count). The van der Waals surface area contributed by atoms with Crippen LogP contribution in [0.5, 0.6) is 5.75 Å². The van der Waals surface area contributed by atoms with Gasteiger partial charge in [0.05, 0.1) is 0 Å². The summed E-state index contributed by atoms with van der Waals surface area (Å²) >= 11 is 0. The Morgan fingerprint density at radius 3 is 2.72 bits per heavy atom. The molecule has 0 spiro atoms. The van der Waals surface area contributed by atoms with Crippen LogP contribution in [0.4, 0.5) is 0 Å². The molecule has 1 aromatic carbocycles. The second-order valence-electron chi connectivity index (χ2n) is 4.87. The number of hydrogen-bond acceptors (Lipinski definition) is 3. The van der Waals surface area contributed by atoms with Gasteiger partial charge < -0.3 is 15.7 Å². The fraction of sp³-hybridized carbons (Fsp3) is 0.500. The summed E-state index contributed by atoms with van der Waals surface area (Å²) in [6.07, 6.45) is 3.33. The summed E-state index contributed by atoms with van der Waals surface area (Å²) in [4.78, 5) is 14.3. The highest BCUT2D eigenvalue weighted by Gasteiger charge is 2.28. The van der Waals surface area contributed by atoms with E-state index < -0.39 is 0 Å². The number of aromatic hydroxyl groups is 1. The van der Waals surface area contributed by atoms with Gasteiger partial charge in [-0.15, -0.1) is 0 Å². The Kier molecular flexibility index (Phi) is 3.87. The smallest absolute Gasteiger partial charge is 0.254 e. The van der Waals surface area contributed by atoms with Gasteiger partial charge in [0.1, 0.15) is 5.75 Å². The standard InChI is InChI=1S/C14H20N2O2/c1-10-9-11(5-6-13(10)17)14(18)16(8-7-15)12-3-2-4-12/h5-6,9,12,17H,2-4,7-8,15H2,1H3. The van der Waals surface area contributed by atoms with Crippen LogP contribution in [-0.4, -0.2) is 35.0 Å². The number of rotatable bonds is 4. The highest BCUT2D eigenvalue weighted by molar-refractivity contribution is 5.94. The highest BCUT2D eigenvalue weighted by atomic mass is 16.3. The van der Waals surface area contributed by atoms with E-state index in [0.29, 0.717) is 24.7 Å². The topological polar surface area (TPSA) is 66.6 Å². The van der Waals surface area contributed by atoms with Gasteiger partial charge in [-0.1, -0.05) is 0 Å². The summed E-state index contributed by atoms with van der Waals surface area (Å²) in [6, 6.07) is 5.33. The number of nitrogens with zero attached hydrogens (tertiary/aromatic N) is 1. The maximum atomic E-state index is 12.4. The second kappa shape index (κ2) is 5.40. The average molecular weight is 248 g/mol. The molecule has 1 amide bonds. The Morgan fingerprint density at radius 2 is 2.22 bits per heavy atom. The molecule has 0 atom stereocenters. The van der Waals surface area contributed by atoms with Crippen LogP contribution in [0.1, 0.15) is 35.2 Å². The summed E-state index contributed by atoms with van der Waals surface area (Å²) in [7, 11) is 0. The quantitative estimate of drug-likeness (QED) is 0.851. The number of carbonyl (C=O) groups is 1. The number of benzene rings is 1. The summed E-state index contributed by atoms with van der Waals surface area (Å²) in [5.41, 5.74) is 6.94. The van der Waals surface area contributed by atoms with Crippen LogP contribution < -0.4 is 5.73 Å². The molecule has 1 aliphatic carbocycles. The van der Waals surface area contributed by atoms with Crippen LogP contribution in [0.25, 0.3) is 0 Å². The van der Waals surface area contributed by atoms with E-state index in [1.54, 1.807) is 25.1 Å². The fourth-order valence-corrected chi connectivity index (χ4v) is 2.24. The summed E-state index contributed by atoms with van der Waals surface area (Å²) < 4.78 is 0. The predicted octanol–water partition coefficient (Wildman–Crippen LogP) is 1.65. The normalized spacial score (nSPS) is 15.2. The molecule has 0 saturated heterocycles. The lowest BCUT2D eigenvalue weighted by molar-refractivity contribution is 0.0588. The molecule has 1 saturated carbocycles. The largest absolute Gasteiger partial charge is 0.508 e. The molecule has 0 heterocycles. The number of hydrogen-bond donors (Lipinski definition) is 2. The van der Waals surface area contributed by atoms with Crippen molar-refractivity contribution in [2.75, 3.05) is 13.1 Å². The minimum absolute atomic E-state index is 0.0215. The molecule has 0 unspecified atom stereocenters. The van der Waals surface area contributed by atoms with Gasteiger partial charge in [0.15, 0.2) is 0 Å². The number of nitrogens with two attached hydrogens (primary N) is 1. The van der Waals surface area contributed by atoms with Crippen LogP contribution in [0.3, 0.4) is 0 Å². The lowest BCUT2D eigenvalue weighted by Crippen LogP contribution is -2.46. The fourth-order valence-electron chi connectivity index (χ4n) is 2.24. The third kappa shape index (κ3) is 2.48. The maximum Gasteiger partial charge on any atom is 0.254 e. The number of phenols is 1. The Morgan fingerprint density at radius 1 is 1.50 bits per heavy atom. The van der Waals surface area contributed by atoms with Gasteiger partial charge in [0, 0.05) is 24.7 Å². The van der Waals surface area contributed by atoms with Crippen molar-refractivity contribution in [2.45, 2.75) is 32.2 Å². The number of amides is 1. The van der Waals surface area contributed by atoms with Crippen molar-refractivity contribution in [1.82, 2.24) is 4.90 Å². The number of aryl methyl sites for hydroxylation is 1. The second-order valence-corrected chi connectivity index (χ2v) is 4.87. The first-order valence-electron chi connectivity index (χ1n) is 6.44. The van der Waals surface area contributed by atoms with Gasteiger partial charge in [-0.2, -0.15) is 0 Å². The number of carbonyl (C=O) groups excluding carboxylic acids is 1. The third-order valence-electron chi connectivity index (χ3n) is 3.59. The lowest BCUT2D eigenvalue weighted by atomic mass is 9.91. The molecular weight excluding hydrogens is 228 g/mol. The SMILES string of the molecule is Cc1cc(C(=O)N(CCN)C2CCC2)ccc1O. The van der Waals surface area contributed by atoms with E-state index in [-0.39, 0.29) is 11.7 Å². The summed E-state index contributed by atoms with van der Waals surface area (Å²) in [5.74, 6) is 0.244. The highest BCUT2D eigenvalue weighted by Crippen LogP contribution is 2.26. The minimum Gasteiger partial charge on any atom is -0.508 e. The van der Waals surface area contributed by atoms with Gasteiger partial charge in [-0.3, -0.25) is 4.79 Å². The van der Waals surface area contributed by atoms with E-state index in [1.165, 1.54) is 6.42 Å². The van der Waals surface area contributed by atoms with Gasteiger partial charge >= 0.3 is 0 Å². The van der Waals surface area contributed by atoms with Crippen molar-refractivity contribution in [3.63, 3.8) is 0 Å². The molecule has 0 bridgehead atoms. The summed E-state index contributed by atoms with van der Waals surface area (Å²) in [6.45, 7) is 2.88. The van der Waals surface area contributed by atoms with Crippen LogP contribution >= 0.6 is 0 Å². The van der Waals surface area contributed by atoms with Crippen molar-refractivity contribution in [3.05, 3.63) is 29.3 Å². The maximum absolute atomic E-state index is 12.4. The monoisotopic (exact) mass is 248 g/mol. The van der Waals surface area contributed by atoms with Crippen LogP contribution in [0.2, 0.25) is 0 Å². The van der Waals surface area contributed by atoms with Crippen molar-refractivity contribution in [3.8, 4) is 5.75 Å². The lowest BCUT2D eigenvalue weighted by Gasteiger charge is -2.37. The third-order valence-corrected chi connectivity index (χ3v) is 3.59. The van der Waals surface area contributed by atoms with E-state index in [0.717, 1.165) is 18.4 Å². The molecule has 18 heavy (non-hydrogen) atoms. The van der Waals surface area contributed by atoms with Crippen molar-refractivity contribution < 1.29 is 9.90 Å². The van der Waals surface area contributed by atoms with Gasteiger partial charge in [0.25, 0.3) is 5.91 Å². The first-order chi connectivity index (χ1) is 8.63. The van der Waals surface area contributed by atoms with E-state index in [4.69, 9.17) is 5.73 Å². The molecule has 0 aromatic heterocycles. The summed E-state index contributed by atoms with van der Waals surface area (Å²) in [5, 5.41) is 9.49. The first-order valence-corrected chi connectivity index (χ1v) is 6.44. The Labute approximate surface area is 107 Å². The molecule has 0 radical (unpaired) electrons. The molecule has 1 aliphatic rings. The minimum atomic E-state index is 0.0215. The predicted molar refractivity (Wildman–Crippen MR) is 70.6 cm³/mol. The number of phenolic OH excluding ortho intramolecular Hbond substituents is 1. The van der Waals surface area contributed by atoms with Crippen LogP contribution in [-0.2, 0) is 0 Å². The molecular formula is C14H20N2O2. The Hall–Kier alpha value is -1.55. The van der Waals surface area contributed by atoms with Crippen molar-refractivity contribution in [1.29, 1.82) is 0 Å². The van der Waals surface area contributed by atoms with Crippen molar-refractivity contribution in [2.24, 2.45) is 5.73 Å². The van der Waals surface area contributed by atoms with Crippen molar-refractivity contribution >= 4 is 5.91 Å². The molecule has 98 valence electrons. The zero-order chi connectivity index (χ0) is 13.1. The van der Waals surface area contributed by atoms with Gasteiger partial charge in [-0.25, -0.2) is 0 Å². The van der Waals surface area contributed by atoms with E-state index in [2.05, 4.69) is 0 Å². The van der Waals surface area contributed by atoms with Gasteiger partial charge in [0.2, 0.25) is 0 Å².